The average molecular weight is 286 g/mol. The fraction of sp³-hybridized carbons (Fsp3) is 0.538. The van der Waals surface area contributed by atoms with Crippen molar-refractivity contribution in [3.05, 3.63) is 33.8 Å². The molecule has 3 heteroatoms. The second-order valence-corrected chi connectivity index (χ2v) is 5.26. The lowest BCUT2D eigenvalue weighted by atomic mass is 9.97. The average Bonchev–Trinajstić information content (AvgIpc) is 2.23. The lowest BCUT2D eigenvalue weighted by Crippen LogP contribution is -2.21. The number of nitrogens with zero attached hydrogens (tertiary/aromatic N) is 1. The van der Waals surface area contributed by atoms with E-state index in [0.29, 0.717) is 6.04 Å². The van der Waals surface area contributed by atoms with Crippen LogP contribution in [0.2, 0.25) is 0 Å². The Balaban J connectivity index is 2.95. The Kier molecular flexibility index (Phi) is 5.46. The molecule has 1 aromatic rings. The van der Waals surface area contributed by atoms with Crippen molar-refractivity contribution in [1.82, 2.24) is 4.90 Å². The Morgan fingerprint density at radius 2 is 2.06 bits per heavy atom. The first-order chi connectivity index (χ1) is 7.56. The third-order valence-electron chi connectivity index (χ3n) is 2.86. The first-order valence-corrected chi connectivity index (χ1v) is 6.39. The van der Waals surface area contributed by atoms with Crippen LogP contribution in [0.15, 0.2) is 22.7 Å². The van der Waals surface area contributed by atoms with E-state index in [2.05, 4.69) is 60.0 Å². The Morgan fingerprint density at radius 1 is 1.38 bits per heavy atom. The molecule has 0 aromatic heterocycles. The third-order valence-corrected chi connectivity index (χ3v) is 3.35. The van der Waals surface area contributed by atoms with Crippen LogP contribution in [-0.4, -0.2) is 30.7 Å². The topological polar surface area (TPSA) is 23.5 Å². The fourth-order valence-corrected chi connectivity index (χ4v) is 2.33. The molecule has 0 saturated heterocycles. The van der Waals surface area contributed by atoms with Gasteiger partial charge in [-0.25, -0.2) is 0 Å². The Labute approximate surface area is 106 Å². The molecule has 1 N–H and O–H groups in total. The SMILES string of the molecule is Cc1ccc(Br)cc1C(CCCO)N(C)C. The summed E-state index contributed by atoms with van der Waals surface area (Å²) in [6.45, 7) is 2.40. The van der Waals surface area contributed by atoms with Gasteiger partial charge >= 0.3 is 0 Å². The van der Waals surface area contributed by atoms with Gasteiger partial charge in [-0.15, -0.1) is 0 Å². The highest BCUT2D eigenvalue weighted by molar-refractivity contribution is 9.10. The maximum atomic E-state index is 8.94. The number of hydrogen-bond donors (Lipinski definition) is 1. The minimum Gasteiger partial charge on any atom is -0.396 e. The summed E-state index contributed by atoms with van der Waals surface area (Å²) < 4.78 is 1.11. The van der Waals surface area contributed by atoms with Gasteiger partial charge in [0.1, 0.15) is 0 Å². The summed E-state index contributed by atoms with van der Waals surface area (Å²) in [6.07, 6.45) is 1.83. The van der Waals surface area contributed by atoms with E-state index in [0.717, 1.165) is 17.3 Å². The lowest BCUT2D eigenvalue weighted by Gasteiger charge is -2.26. The predicted octanol–water partition coefficient (Wildman–Crippen LogP) is 3.13. The van der Waals surface area contributed by atoms with Gasteiger partial charge < -0.3 is 10.0 Å². The molecule has 90 valence electrons. The van der Waals surface area contributed by atoms with Crippen molar-refractivity contribution in [3.8, 4) is 0 Å². The zero-order chi connectivity index (χ0) is 12.1. The van der Waals surface area contributed by atoms with Gasteiger partial charge in [0.15, 0.2) is 0 Å². The molecule has 0 bridgehead atoms. The molecule has 1 unspecified atom stereocenters. The van der Waals surface area contributed by atoms with Crippen LogP contribution in [0.1, 0.15) is 30.0 Å². The van der Waals surface area contributed by atoms with Crippen molar-refractivity contribution < 1.29 is 5.11 Å². The molecule has 0 fully saturated rings. The summed E-state index contributed by atoms with van der Waals surface area (Å²) in [5, 5.41) is 8.94. The van der Waals surface area contributed by atoms with Gasteiger partial charge in [-0.3, -0.25) is 0 Å². The molecule has 1 atom stereocenters. The highest BCUT2D eigenvalue weighted by Gasteiger charge is 2.15. The van der Waals surface area contributed by atoms with Crippen molar-refractivity contribution in [2.45, 2.75) is 25.8 Å². The number of rotatable bonds is 5. The van der Waals surface area contributed by atoms with E-state index in [1.165, 1.54) is 11.1 Å². The highest BCUT2D eigenvalue weighted by Crippen LogP contribution is 2.28. The van der Waals surface area contributed by atoms with Crippen LogP contribution < -0.4 is 0 Å². The van der Waals surface area contributed by atoms with E-state index in [1.807, 2.05) is 0 Å². The fourth-order valence-electron chi connectivity index (χ4n) is 1.95. The van der Waals surface area contributed by atoms with E-state index in [1.54, 1.807) is 0 Å². The van der Waals surface area contributed by atoms with E-state index < -0.39 is 0 Å². The molecule has 1 rings (SSSR count). The largest absolute Gasteiger partial charge is 0.396 e. The third kappa shape index (κ3) is 3.58. The number of aryl methyl sites for hydroxylation is 1. The lowest BCUT2D eigenvalue weighted by molar-refractivity contribution is 0.235. The molecule has 0 saturated carbocycles. The van der Waals surface area contributed by atoms with Crippen molar-refractivity contribution in [2.75, 3.05) is 20.7 Å². The molecule has 0 amide bonds. The van der Waals surface area contributed by atoms with Gasteiger partial charge in [-0.1, -0.05) is 22.0 Å². The molecular formula is C13H20BrNO. The summed E-state index contributed by atoms with van der Waals surface area (Å²) >= 11 is 3.51. The maximum absolute atomic E-state index is 8.94. The van der Waals surface area contributed by atoms with Gasteiger partial charge in [0.05, 0.1) is 0 Å². The standard InChI is InChI=1S/C13H20BrNO/c1-10-6-7-11(14)9-12(10)13(15(2)3)5-4-8-16/h6-7,9,13,16H,4-5,8H2,1-3H3. The van der Waals surface area contributed by atoms with Crippen LogP contribution in [0, 0.1) is 6.92 Å². The smallest absolute Gasteiger partial charge is 0.0431 e. The van der Waals surface area contributed by atoms with E-state index >= 15 is 0 Å². The Bertz CT molecular complexity index is 339. The van der Waals surface area contributed by atoms with Gasteiger partial charge in [-0.2, -0.15) is 0 Å². The summed E-state index contributed by atoms with van der Waals surface area (Å²) in [7, 11) is 4.17. The van der Waals surface area contributed by atoms with Gasteiger partial charge in [0, 0.05) is 17.1 Å². The van der Waals surface area contributed by atoms with Crippen LogP contribution >= 0.6 is 15.9 Å². The molecule has 0 aliphatic heterocycles. The maximum Gasteiger partial charge on any atom is 0.0431 e. The van der Waals surface area contributed by atoms with Crippen molar-refractivity contribution in [3.63, 3.8) is 0 Å². The van der Waals surface area contributed by atoms with Gasteiger partial charge in [0.2, 0.25) is 0 Å². The number of halogens is 1. The molecular weight excluding hydrogens is 266 g/mol. The molecule has 2 nitrogen and oxygen atoms in total. The second-order valence-electron chi connectivity index (χ2n) is 4.35. The normalized spacial score (nSPS) is 13.1. The number of aliphatic hydroxyl groups excluding tert-OH is 1. The number of benzene rings is 1. The number of hydrogen-bond acceptors (Lipinski definition) is 2. The van der Waals surface area contributed by atoms with E-state index in [9.17, 15) is 0 Å². The van der Waals surface area contributed by atoms with Crippen LogP contribution in [0.4, 0.5) is 0 Å². The van der Waals surface area contributed by atoms with Gasteiger partial charge in [0.25, 0.3) is 0 Å². The Hall–Kier alpha value is -0.380. The molecule has 0 spiro atoms. The van der Waals surface area contributed by atoms with Crippen LogP contribution in [0.25, 0.3) is 0 Å². The van der Waals surface area contributed by atoms with Crippen molar-refractivity contribution in [1.29, 1.82) is 0 Å². The monoisotopic (exact) mass is 285 g/mol. The molecule has 0 radical (unpaired) electrons. The van der Waals surface area contributed by atoms with E-state index in [4.69, 9.17) is 5.11 Å². The Morgan fingerprint density at radius 3 is 2.62 bits per heavy atom. The first-order valence-electron chi connectivity index (χ1n) is 5.59. The second kappa shape index (κ2) is 6.38. The summed E-state index contributed by atoms with van der Waals surface area (Å²) in [5.74, 6) is 0. The van der Waals surface area contributed by atoms with Crippen LogP contribution in [0.5, 0.6) is 0 Å². The molecule has 0 aliphatic carbocycles. The zero-order valence-corrected chi connectivity index (χ0v) is 11.8. The van der Waals surface area contributed by atoms with Crippen molar-refractivity contribution >= 4 is 15.9 Å². The summed E-state index contributed by atoms with van der Waals surface area (Å²) in [4.78, 5) is 2.21. The molecule has 1 aromatic carbocycles. The quantitative estimate of drug-likeness (QED) is 0.899. The first kappa shape index (κ1) is 13.7. The van der Waals surface area contributed by atoms with Crippen LogP contribution in [-0.2, 0) is 0 Å². The zero-order valence-electron chi connectivity index (χ0n) is 10.2. The minimum absolute atomic E-state index is 0.261. The van der Waals surface area contributed by atoms with Gasteiger partial charge in [-0.05, 0) is 57.1 Å². The summed E-state index contributed by atoms with van der Waals surface area (Å²) in [6, 6.07) is 6.76. The predicted molar refractivity (Wildman–Crippen MR) is 71.6 cm³/mol. The summed E-state index contributed by atoms with van der Waals surface area (Å²) in [5.41, 5.74) is 2.65. The highest BCUT2D eigenvalue weighted by atomic mass is 79.9. The van der Waals surface area contributed by atoms with E-state index in [-0.39, 0.29) is 6.61 Å². The molecule has 0 heterocycles. The van der Waals surface area contributed by atoms with Crippen LogP contribution in [0.3, 0.4) is 0 Å². The number of aliphatic hydroxyl groups is 1. The molecule has 16 heavy (non-hydrogen) atoms. The molecule has 0 aliphatic rings. The van der Waals surface area contributed by atoms with Crippen molar-refractivity contribution in [2.24, 2.45) is 0 Å². The minimum atomic E-state index is 0.261.